The molecule has 1 aliphatic rings. The highest BCUT2D eigenvalue weighted by Gasteiger charge is 2.31. The Labute approximate surface area is 149 Å². The Kier molecular flexibility index (Phi) is 4.98. The predicted octanol–water partition coefficient (Wildman–Crippen LogP) is 4.30. The predicted molar refractivity (Wildman–Crippen MR) is 98.5 cm³/mol. The molecule has 1 amide bonds. The maximum Gasteiger partial charge on any atom is 0.254 e. The van der Waals surface area contributed by atoms with Gasteiger partial charge in [0.05, 0.1) is 20.3 Å². The van der Waals surface area contributed by atoms with Crippen molar-refractivity contribution in [1.82, 2.24) is 4.90 Å². The van der Waals surface area contributed by atoms with Crippen LogP contribution in [0.2, 0.25) is 0 Å². The van der Waals surface area contributed by atoms with Crippen molar-refractivity contribution in [2.75, 3.05) is 20.8 Å². The minimum absolute atomic E-state index is 0.0770. The lowest BCUT2D eigenvalue weighted by atomic mass is 10.0. The van der Waals surface area contributed by atoms with Crippen LogP contribution in [-0.2, 0) is 0 Å². The number of hydrogen-bond acceptors (Lipinski definition) is 3. The van der Waals surface area contributed by atoms with Crippen molar-refractivity contribution < 1.29 is 14.3 Å². The second-order valence-corrected chi connectivity index (χ2v) is 6.65. The number of aryl methyl sites for hydroxylation is 2. The van der Waals surface area contributed by atoms with E-state index < -0.39 is 0 Å². The number of amides is 1. The molecule has 1 unspecified atom stereocenters. The maximum absolute atomic E-state index is 13.1. The Morgan fingerprint density at radius 3 is 2.32 bits per heavy atom. The average molecular weight is 339 g/mol. The largest absolute Gasteiger partial charge is 0.493 e. The number of ether oxygens (including phenoxy) is 2. The van der Waals surface area contributed by atoms with E-state index in [1.165, 1.54) is 0 Å². The summed E-state index contributed by atoms with van der Waals surface area (Å²) in [4.78, 5) is 15.1. The van der Waals surface area contributed by atoms with Crippen molar-refractivity contribution in [3.05, 3.63) is 58.7 Å². The fraction of sp³-hybridized carbons (Fsp3) is 0.381. The average Bonchev–Trinajstić information content (AvgIpc) is 3.09. The molecule has 1 aliphatic heterocycles. The molecule has 1 heterocycles. The molecule has 25 heavy (non-hydrogen) atoms. The van der Waals surface area contributed by atoms with Crippen LogP contribution in [0.4, 0.5) is 0 Å². The van der Waals surface area contributed by atoms with Gasteiger partial charge in [-0.25, -0.2) is 0 Å². The van der Waals surface area contributed by atoms with Crippen LogP contribution in [0.3, 0.4) is 0 Å². The molecule has 132 valence electrons. The fourth-order valence-corrected chi connectivity index (χ4v) is 3.68. The molecule has 1 atom stereocenters. The summed E-state index contributed by atoms with van der Waals surface area (Å²) < 4.78 is 10.7. The topological polar surface area (TPSA) is 38.8 Å². The van der Waals surface area contributed by atoms with Crippen LogP contribution in [0.15, 0.2) is 36.4 Å². The van der Waals surface area contributed by atoms with Crippen molar-refractivity contribution in [3.8, 4) is 11.5 Å². The highest BCUT2D eigenvalue weighted by atomic mass is 16.5. The summed E-state index contributed by atoms with van der Waals surface area (Å²) in [7, 11) is 3.26. The van der Waals surface area contributed by atoms with Crippen LogP contribution in [-0.4, -0.2) is 31.6 Å². The van der Waals surface area contributed by atoms with E-state index in [0.717, 1.165) is 41.6 Å². The lowest BCUT2D eigenvalue weighted by Crippen LogP contribution is -2.30. The van der Waals surface area contributed by atoms with Crippen molar-refractivity contribution in [2.24, 2.45) is 0 Å². The van der Waals surface area contributed by atoms with Crippen LogP contribution in [0.1, 0.15) is 45.9 Å². The molecule has 4 nitrogen and oxygen atoms in total. The maximum atomic E-state index is 13.1. The van der Waals surface area contributed by atoms with Gasteiger partial charge in [-0.05, 0) is 56.5 Å². The first-order valence-electron chi connectivity index (χ1n) is 8.64. The molecule has 1 fully saturated rings. The molecule has 0 bridgehead atoms. The van der Waals surface area contributed by atoms with Gasteiger partial charge >= 0.3 is 0 Å². The van der Waals surface area contributed by atoms with Gasteiger partial charge in [0, 0.05) is 12.1 Å². The number of nitrogens with zero attached hydrogens (tertiary/aromatic N) is 1. The molecule has 0 aliphatic carbocycles. The van der Waals surface area contributed by atoms with Gasteiger partial charge in [-0.2, -0.15) is 0 Å². The van der Waals surface area contributed by atoms with E-state index in [2.05, 4.69) is 6.07 Å². The summed E-state index contributed by atoms with van der Waals surface area (Å²) in [5, 5.41) is 0. The lowest BCUT2D eigenvalue weighted by Gasteiger charge is -2.26. The second-order valence-electron chi connectivity index (χ2n) is 6.65. The summed E-state index contributed by atoms with van der Waals surface area (Å²) in [5.41, 5.74) is 4.09. The zero-order valence-corrected chi connectivity index (χ0v) is 15.3. The van der Waals surface area contributed by atoms with Crippen LogP contribution in [0.25, 0.3) is 0 Å². The number of carbonyl (C=O) groups is 1. The van der Waals surface area contributed by atoms with E-state index in [9.17, 15) is 4.79 Å². The quantitative estimate of drug-likeness (QED) is 0.834. The second kappa shape index (κ2) is 7.18. The molecule has 0 aromatic heterocycles. The molecule has 2 aromatic rings. The molecule has 2 aromatic carbocycles. The van der Waals surface area contributed by atoms with Gasteiger partial charge in [0.1, 0.15) is 0 Å². The number of methoxy groups -OCH3 is 2. The SMILES string of the molecule is COc1ccc(C2CCCN2C(=O)c2cc(C)cc(C)c2)cc1OC. The standard InChI is InChI=1S/C21H25NO3/c1-14-10-15(2)12-17(11-14)21(23)22-9-5-6-18(22)16-7-8-19(24-3)20(13-16)25-4/h7-8,10-13,18H,5-6,9H2,1-4H3. The van der Waals surface area contributed by atoms with Gasteiger partial charge in [0.15, 0.2) is 11.5 Å². The molecular weight excluding hydrogens is 314 g/mol. The molecule has 3 rings (SSSR count). The van der Waals surface area contributed by atoms with E-state index in [4.69, 9.17) is 9.47 Å². The summed E-state index contributed by atoms with van der Waals surface area (Å²) in [6.45, 7) is 4.84. The summed E-state index contributed by atoms with van der Waals surface area (Å²) >= 11 is 0. The Hall–Kier alpha value is -2.49. The third-order valence-corrected chi connectivity index (χ3v) is 4.77. The molecular formula is C21H25NO3. The van der Waals surface area contributed by atoms with Gasteiger partial charge in [-0.3, -0.25) is 4.79 Å². The third-order valence-electron chi connectivity index (χ3n) is 4.77. The molecule has 0 radical (unpaired) electrons. The Balaban J connectivity index is 1.91. The molecule has 4 heteroatoms. The highest BCUT2D eigenvalue weighted by molar-refractivity contribution is 5.95. The van der Waals surface area contributed by atoms with Crippen molar-refractivity contribution in [1.29, 1.82) is 0 Å². The number of likely N-dealkylation sites (tertiary alicyclic amines) is 1. The monoisotopic (exact) mass is 339 g/mol. The van der Waals surface area contributed by atoms with E-state index in [0.29, 0.717) is 11.5 Å². The first kappa shape index (κ1) is 17.3. The van der Waals surface area contributed by atoms with E-state index in [1.807, 2.05) is 49.1 Å². The Bertz CT molecular complexity index is 764. The first-order valence-corrected chi connectivity index (χ1v) is 8.64. The van der Waals surface area contributed by atoms with Gasteiger partial charge < -0.3 is 14.4 Å². The number of hydrogen-bond donors (Lipinski definition) is 0. The normalized spacial score (nSPS) is 16.8. The van der Waals surface area contributed by atoms with Crippen LogP contribution in [0.5, 0.6) is 11.5 Å². The Morgan fingerprint density at radius 2 is 1.68 bits per heavy atom. The summed E-state index contributed by atoms with van der Waals surface area (Å²) in [6.07, 6.45) is 1.97. The third kappa shape index (κ3) is 3.48. The van der Waals surface area contributed by atoms with Crippen LogP contribution < -0.4 is 9.47 Å². The van der Waals surface area contributed by atoms with Gasteiger partial charge in [-0.15, -0.1) is 0 Å². The van der Waals surface area contributed by atoms with Gasteiger partial charge in [0.25, 0.3) is 5.91 Å². The van der Waals surface area contributed by atoms with Crippen LogP contribution in [0, 0.1) is 13.8 Å². The van der Waals surface area contributed by atoms with E-state index in [-0.39, 0.29) is 11.9 Å². The van der Waals surface area contributed by atoms with Crippen molar-refractivity contribution in [3.63, 3.8) is 0 Å². The van der Waals surface area contributed by atoms with Gasteiger partial charge in [-0.1, -0.05) is 23.3 Å². The molecule has 0 N–H and O–H groups in total. The fourth-order valence-electron chi connectivity index (χ4n) is 3.68. The number of benzene rings is 2. The van der Waals surface area contributed by atoms with Crippen LogP contribution >= 0.6 is 0 Å². The first-order chi connectivity index (χ1) is 12.0. The molecule has 0 saturated carbocycles. The zero-order chi connectivity index (χ0) is 18.0. The van der Waals surface area contributed by atoms with Crippen molar-refractivity contribution >= 4 is 5.91 Å². The highest BCUT2D eigenvalue weighted by Crippen LogP contribution is 2.37. The van der Waals surface area contributed by atoms with Gasteiger partial charge in [0.2, 0.25) is 0 Å². The minimum Gasteiger partial charge on any atom is -0.493 e. The zero-order valence-electron chi connectivity index (χ0n) is 15.3. The summed E-state index contributed by atoms with van der Waals surface area (Å²) in [6, 6.07) is 12.0. The Morgan fingerprint density at radius 1 is 1.00 bits per heavy atom. The van der Waals surface area contributed by atoms with Crippen molar-refractivity contribution in [2.45, 2.75) is 32.7 Å². The summed E-state index contributed by atoms with van der Waals surface area (Å²) in [5.74, 6) is 1.51. The molecule has 0 spiro atoms. The number of rotatable bonds is 4. The minimum atomic E-state index is 0.0770. The van der Waals surface area contributed by atoms with E-state index in [1.54, 1.807) is 14.2 Å². The van der Waals surface area contributed by atoms with E-state index >= 15 is 0 Å². The molecule has 1 saturated heterocycles. The smallest absolute Gasteiger partial charge is 0.254 e. The lowest BCUT2D eigenvalue weighted by molar-refractivity contribution is 0.0735. The number of carbonyl (C=O) groups excluding carboxylic acids is 1.